The minimum absolute atomic E-state index is 0.0464. The van der Waals surface area contributed by atoms with Crippen LogP contribution < -0.4 is 5.32 Å². The summed E-state index contributed by atoms with van der Waals surface area (Å²) >= 11 is 11.8. The lowest BCUT2D eigenvalue weighted by molar-refractivity contribution is 0.165. The molecule has 0 atom stereocenters. The minimum Gasteiger partial charge on any atom is -0.324 e. The van der Waals surface area contributed by atoms with Crippen molar-refractivity contribution in [2.45, 2.75) is 42.7 Å². The molecule has 2 amide bonds. The molecule has 2 aromatic rings. The van der Waals surface area contributed by atoms with E-state index >= 15 is 0 Å². The molecule has 30 heavy (non-hydrogen) atoms. The molecule has 1 N–H and O–H groups in total. The fourth-order valence-electron chi connectivity index (χ4n) is 3.81. The molecule has 9 heteroatoms. The van der Waals surface area contributed by atoms with Crippen LogP contribution in [0.25, 0.3) is 0 Å². The lowest BCUT2D eigenvalue weighted by atomic mass is 10.1. The fourth-order valence-corrected chi connectivity index (χ4v) is 5.99. The first-order valence-corrected chi connectivity index (χ1v) is 12.1. The highest BCUT2D eigenvalue weighted by atomic mass is 35.5. The van der Waals surface area contributed by atoms with Gasteiger partial charge in [-0.3, -0.25) is 0 Å². The summed E-state index contributed by atoms with van der Waals surface area (Å²) in [6.45, 7) is 1.01. The molecule has 160 valence electrons. The summed E-state index contributed by atoms with van der Waals surface area (Å²) in [6, 6.07) is 13.0. The highest BCUT2D eigenvalue weighted by Gasteiger charge is 2.43. The van der Waals surface area contributed by atoms with E-state index in [1.165, 1.54) is 0 Å². The van der Waals surface area contributed by atoms with Gasteiger partial charge in [0, 0.05) is 40.9 Å². The SMILES string of the molecule is O=C(Nc1ccc(Cl)cc1)N1CCC(N(C2CC2)S(=O)(=O)c2ccc(Cl)cc2)CC1. The summed E-state index contributed by atoms with van der Waals surface area (Å²) in [5, 5.41) is 3.98. The van der Waals surface area contributed by atoms with Gasteiger partial charge in [-0.1, -0.05) is 23.2 Å². The van der Waals surface area contributed by atoms with Crippen molar-refractivity contribution in [2.24, 2.45) is 0 Å². The van der Waals surface area contributed by atoms with Crippen LogP contribution in [0, 0.1) is 0 Å². The number of carbonyl (C=O) groups is 1. The normalized spacial score (nSPS) is 17.9. The smallest absolute Gasteiger partial charge is 0.321 e. The van der Waals surface area contributed by atoms with Crippen molar-refractivity contribution in [3.63, 3.8) is 0 Å². The van der Waals surface area contributed by atoms with Crippen molar-refractivity contribution in [1.82, 2.24) is 9.21 Å². The second kappa shape index (κ2) is 8.75. The topological polar surface area (TPSA) is 69.7 Å². The standard InChI is InChI=1S/C21H23Cl2N3O3S/c22-15-1-5-17(6-2-15)24-21(27)25-13-11-19(12-14-25)26(18-7-8-18)30(28,29)20-9-3-16(23)4-10-20/h1-6,9-10,18-19H,7-8,11-14H2,(H,24,27). The Morgan fingerprint density at radius 3 is 1.90 bits per heavy atom. The number of amides is 2. The largest absolute Gasteiger partial charge is 0.324 e. The number of nitrogens with zero attached hydrogens (tertiary/aromatic N) is 2. The van der Waals surface area contributed by atoms with Gasteiger partial charge in [-0.05, 0) is 74.2 Å². The monoisotopic (exact) mass is 467 g/mol. The number of carbonyl (C=O) groups excluding carboxylic acids is 1. The number of urea groups is 1. The third-order valence-electron chi connectivity index (χ3n) is 5.50. The van der Waals surface area contributed by atoms with Crippen LogP contribution in [0.1, 0.15) is 25.7 Å². The summed E-state index contributed by atoms with van der Waals surface area (Å²) in [7, 11) is -3.60. The number of hydrogen-bond donors (Lipinski definition) is 1. The summed E-state index contributed by atoms with van der Waals surface area (Å²) in [5.74, 6) is 0. The van der Waals surface area contributed by atoms with Gasteiger partial charge in [-0.25, -0.2) is 13.2 Å². The molecule has 0 radical (unpaired) electrons. The lowest BCUT2D eigenvalue weighted by Crippen LogP contribution is -2.50. The molecule has 2 fully saturated rings. The number of nitrogens with one attached hydrogen (secondary N) is 1. The van der Waals surface area contributed by atoms with Crippen LogP contribution in [0.4, 0.5) is 10.5 Å². The number of halogens is 2. The first kappa shape index (κ1) is 21.4. The van der Waals surface area contributed by atoms with E-state index in [0.717, 1.165) is 12.8 Å². The highest BCUT2D eigenvalue weighted by Crippen LogP contribution is 2.37. The van der Waals surface area contributed by atoms with Crippen LogP contribution in [0.2, 0.25) is 10.0 Å². The van der Waals surface area contributed by atoms with E-state index in [1.54, 1.807) is 57.7 Å². The molecule has 1 aliphatic heterocycles. The molecule has 0 aromatic heterocycles. The van der Waals surface area contributed by atoms with Crippen molar-refractivity contribution in [1.29, 1.82) is 0 Å². The van der Waals surface area contributed by atoms with E-state index < -0.39 is 10.0 Å². The first-order chi connectivity index (χ1) is 14.3. The van der Waals surface area contributed by atoms with E-state index in [4.69, 9.17) is 23.2 Å². The Bertz CT molecular complexity index is 1000. The molecule has 2 aliphatic rings. The van der Waals surface area contributed by atoms with Gasteiger partial charge in [-0.2, -0.15) is 4.31 Å². The van der Waals surface area contributed by atoms with Crippen LogP contribution in [0.3, 0.4) is 0 Å². The molecule has 1 saturated heterocycles. The maximum atomic E-state index is 13.3. The molecule has 4 rings (SSSR count). The molecular weight excluding hydrogens is 445 g/mol. The quantitative estimate of drug-likeness (QED) is 0.683. The molecule has 6 nitrogen and oxygen atoms in total. The second-order valence-electron chi connectivity index (χ2n) is 7.68. The van der Waals surface area contributed by atoms with Crippen molar-refractivity contribution < 1.29 is 13.2 Å². The number of hydrogen-bond acceptors (Lipinski definition) is 3. The van der Waals surface area contributed by atoms with Crippen LogP contribution in [0.15, 0.2) is 53.4 Å². The highest BCUT2D eigenvalue weighted by molar-refractivity contribution is 7.89. The molecular formula is C21H23Cl2N3O3S. The van der Waals surface area contributed by atoms with Crippen LogP contribution in [0.5, 0.6) is 0 Å². The van der Waals surface area contributed by atoms with Crippen molar-refractivity contribution >= 4 is 44.9 Å². The van der Waals surface area contributed by atoms with Gasteiger partial charge in [0.15, 0.2) is 0 Å². The van der Waals surface area contributed by atoms with E-state index in [1.807, 2.05) is 0 Å². The number of rotatable bonds is 5. The Labute approximate surface area is 186 Å². The van der Waals surface area contributed by atoms with Crippen molar-refractivity contribution in [3.8, 4) is 0 Å². The molecule has 0 bridgehead atoms. The summed E-state index contributed by atoms with van der Waals surface area (Å²) in [6.07, 6.45) is 2.98. The summed E-state index contributed by atoms with van der Waals surface area (Å²) < 4.78 is 28.2. The van der Waals surface area contributed by atoms with Crippen molar-refractivity contribution in [3.05, 3.63) is 58.6 Å². The summed E-state index contributed by atoms with van der Waals surface area (Å²) in [4.78, 5) is 14.6. The molecule has 0 unspecified atom stereocenters. The zero-order valence-electron chi connectivity index (χ0n) is 16.3. The van der Waals surface area contributed by atoms with E-state index in [9.17, 15) is 13.2 Å². The van der Waals surface area contributed by atoms with Gasteiger partial charge >= 0.3 is 6.03 Å². The Balaban J connectivity index is 1.42. The molecule has 1 heterocycles. The second-order valence-corrected chi connectivity index (χ2v) is 10.4. The van der Waals surface area contributed by atoms with Crippen molar-refractivity contribution in [2.75, 3.05) is 18.4 Å². The Kier molecular flexibility index (Phi) is 6.25. The summed E-state index contributed by atoms with van der Waals surface area (Å²) in [5.41, 5.74) is 0.677. The predicted molar refractivity (Wildman–Crippen MR) is 119 cm³/mol. The lowest BCUT2D eigenvalue weighted by Gasteiger charge is -2.38. The Morgan fingerprint density at radius 2 is 1.37 bits per heavy atom. The molecule has 1 saturated carbocycles. The molecule has 1 aliphatic carbocycles. The Hall–Kier alpha value is -1.80. The van der Waals surface area contributed by atoms with Crippen LogP contribution in [-0.2, 0) is 10.0 Å². The predicted octanol–water partition coefficient (Wildman–Crippen LogP) is 4.84. The van der Waals surface area contributed by atoms with E-state index in [-0.39, 0.29) is 23.0 Å². The third kappa shape index (κ3) is 4.75. The minimum atomic E-state index is -3.60. The van der Waals surface area contributed by atoms with E-state index in [2.05, 4.69) is 5.32 Å². The Morgan fingerprint density at radius 1 is 0.867 bits per heavy atom. The van der Waals surface area contributed by atoms with Gasteiger partial charge in [0.2, 0.25) is 10.0 Å². The number of sulfonamides is 1. The number of benzene rings is 2. The maximum Gasteiger partial charge on any atom is 0.321 e. The van der Waals surface area contributed by atoms with Gasteiger partial charge in [0.1, 0.15) is 0 Å². The first-order valence-electron chi connectivity index (χ1n) is 9.95. The molecule has 0 spiro atoms. The van der Waals surface area contributed by atoms with Gasteiger partial charge < -0.3 is 10.2 Å². The van der Waals surface area contributed by atoms with Gasteiger partial charge in [0.25, 0.3) is 0 Å². The molecule has 2 aromatic carbocycles. The maximum absolute atomic E-state index is 13.3. The zero-order valence-corrected chi connectivity index (χ0v) is 18.6. The number of piperidine rings is 1. The average molecular weight is 468 g/mol. The third-order valence-corrected chi connectivity index (χ3v) is 8.03. The van der Waals surface area contributed by atoms with Crippen LogP contribution in [-0.4, -0.2) is 48.8 Å². The number of anilines is 1. The fraction of sp³-hybridized carbons (Fsp3) is 0.381. The number of likely N-dealkylation sites (tertiary alicyclic amines) is 1. The van der Waals surface area contributed by atoms with E-state index in [0.29, 0.717) is 41.7 Å². The zero-order chi connectivity index (χ0) is 21.3. The average Bonchev–Trinajstić information content (AvgIpc) is 3.55. The van der Waals surface area contributed by atoms with Gasteiger partial charge in [-0.15, -0.1) is 0 Å². The van der Waals surface area contributed by atoms with Crippen LogP contribution >= 0.6 is 23.2 Å². The van der Waals surface area contributed by atoms with Gasteiger partial charge in [0.05, 0.1) is 4.90 Å².